The van der Waals surface area contributed by atoms with Crippen LogP contribution in [0.2, 0.25) is 0 Å². The van der Waals surface area contributed by atoms with E-state index in [-0.39, 0.29) is 0 Å². The van der Waals surface area contributed by atoms with E-state index in [0.717, 1.165) is 23.5 Å². The van der Waals surface area contributed by atoms with Gasteiger partial charge in [-0.3, -0.25) is 4.99 Å². The Balaban J connectivity index is 1.67. The zero-order valence-electron chi connectivity index (χ0n) is 11.4. The van der Waals surface area contributed by atoms with Gasteiger partial charge in [-0.05, 0) is 37.2 Å². The van der Waals surface area contributed by atoms with Gasteiger partial charge in [-0.1, -0.05) is 30.3 Å². The molecule has 0 unspecified atom stereocenters. The smallest absolute Gasteiger partial charge is 0.0521 e. The maximum Gasteiger partial charge on any atom is 0.0521 e. The summed E-state index contributed by atoms with van der Waals surface area (Å²) in [6.07, 6.45) is 7.14. The van der Waals surface area contributed by atoms with Crippen LogP contribution in [0, 0.1) is 5.92 Å². The summed E-state index contributed by atoms with van der Waals surface area (Å²) in [5, 5.41) is 9.60. The molecule has 1 aliphatic rings. The molecule has 0 bridgehead atoms. The van der Waals surface area contributed by atoms with Crippen molar-refractivity contribution in [2.45, 2.75) is 30.9 Å². The fourth-order valence-electron chi connectivity index (χ4n) is 2.55. The van der Waals surface area contributed by atoms with Gasteiger partial charge in [0.1, 0.15) is 0 Å². The molecule has 3 heteroatoms. The molecule has 2 nitrogen and oxygen atoms in total. The summed E-state index contributed by atoms with van der Waals surface area (Å²) in [7, 11) is 0. The number of aliphatic hydroxyl groups is 1. The van der Waals surface area contributed by atoms with Crippen molar-refractivity contribution in [1.29, 1.82) is 0 Å². The van der Waals surface area contributed by atoms with Crippen LogP contribution < -0.4 is 0 Å². The highest BCUT2D eigenvalue weighted by atomic mass is 32.2. The first-order valence-electron chi connectivity index (χ1n) is 7.16. The fourth-order valence-corrected chi connectivity index (χ4v) is 3.59. The molecular weight excluding hydrogens is 254 g/mol. The summed E-state index contributed by atoms with van der Waals surface area (Å²) in [6.45, 7) is 1.28. The maximum absolute atomic E-state index is 8.83. The molecular formula is C16H23NOS. The molecule has 104 valence electrons. The van der Waals surface area contributed by atoms with Crippen LogP contribution in [0.4, 0.5) is 0 Å². The second kappa shape index (κ2) is 8.39. The number of aliphatic hydroxyl groups excluding tert-OH is 1. The molecule has 2 rings (SSSR count). The average molecular weight is 277 g/mol. The van der Waals surface area contributed by atoms with Crippen LogP contribution in [0.25, 0.3) is 0 Å². The molecule has 1 aromatic rings. The predicted molar refractivity (Wildman–Crippen MR) is 84.2 cm³/mol. The summed E-state index contributed by atoms with van der Waals surface area (Å²) < 4.78 is 0. The molecule has 0 aliphatic heterocycles. The van der Waals surface area contributed by atoms with Crippen LogP contribution in [0.3, 0.4) is 0 Å². The van der Waals surface area contributed by atoms with Crippen molar-refractivity contribution in [3.63, 3.8) is 0 Å². The molecule has 1 aromatic carbocycles. The van der Waals surface area contributed by atoms with Crippen LogP contribution in [-0.2, 0) is 0 Å². The highest BCUT2D eigenvalue weighted by molar-refractivity contribution is 7.99. The lowest BCUT2D eigenvalue weighted by Gasteiger charge is -2.26. The fraction of sp³-hybridized carbons (Fsp3) is 0.562. The molecule has 1 N–H and O–H groups in total. The highest BCUT2D eigenvalue weighted by Crippen LogP contribution is 2.31. The lowest BCUT2D eigenvalue weighted by Crippen LogP contribution is -2.19. The third-order valence-corrected chi connectivity index (χ3v) is 5.00. The van der Waals surface area contributed by atoms with E-state index in [2.05, 4.69) is 17.1 Å². The molecule has 0 atom stereocenters. The van der Waals surface area contributed by atoms with Crippen molar-refractivity contribution in [3.8, 4) is 0 Å². The van der Waals surface area contributed by atoms with Crippen molar-refractivity contribution in [1.82, 2.24) is 0 Å². The average Bonchev–Trinajstić information content (AvgIpc) is 2.47. The number of rotatable bonds is 6. The van der Waals surface area contributed by atoms with Gasteiger partial charge in [0.05, 0.1) is 6.61 Å². The van der Waals surface area contributed by atoms with E-state index >= 15 is 0 Å². The van der Waals surface area contributed by atoms with Crippen LogP contribution in [0.5, 0.6) is 0 Å². The molecule has 0 amide bonds. The van der Waals surface area contributed by atoms with Crippen molar-refractivity contribution >= 4 is 18.0 Å². The standard InChI is InChI=1S/C16H23NOS/c18-10-11-19-16-8-6-15(7-9-16)13-17-12-14-4-2-1-3-5-14/h1-5,12,15-16,18H,6-11,13H2. The number of nitrogens with zero attached hydrogens (tertiary/aromatic N) is 1. The van der Waals surface area contributed by atoms with Crippen molar-refractivity contribution in [2.75, 3.05) is 18.9 Å². The van der Waals surface area contributed by atoms with E-state index in [1.807, 2.05) is 36.2 Å². The quantitative estimate of drug-likeness (QED) is 0.808. The molecule has 0 saturated heterocycles. The van der Waals surface area contributed by atoms with Crippen molar-refractivity contribution in [2.24, 2.45) is 10.9 Å². The number of hydrogen-bond acceptors (Lipinski definition) is 3. The summed E-state index contributed by atoms with van der Waals surface area (Å²) in [4.78, 5) is 4.58. The third-order valence-electron chi connectivity index (χ3n) is 3.64. The highest BCUT2D eigenvalue weighted by Gasteiger charge is 2.20. The van der Waals surface area contributed by atoms with E-state index < -0.39 is 0 Å². The molecule has 19 heavy (non-hydrogen) atoms. The number of hydrogen-bond donors (Lipinski definition) is 1. The van der Waals surface area contributed by atoms with Gasteiger partial charge in [0, 0.05) is 23.8 Å². The monoisotopic (exact) mass is 277 g/mol. The zero-order chi connectivity index (χ0) is 13.3. The Hall–Kier alpha value is -0.800. The molecule has 0 heterocycles. The van der Waals surface area contributed by atoms with Crippen LogP contribution >= 0.6 is 11.8 Å². The van der Waals surface area contributed by atoms with Gasteiger partial charge in [-0.2, -0.15) is 11.8 Å². The van der Waals surface area contributed by atoms with Gasteiger partial charge in [-0.15, -0.1) is 0 Å². The third kappa shape index (κ3) is 5.37. The van der Waals surface area contributed by atoms with Gasteiger partial charge in [0.2, 0.25) is 0 Å². The summed E-state index contributed by atoms with van der Waals surface area (Å²) in [5.74, 6) is 1.65. The lowest BCUT2D eigenvalue weighted by atomic mass is 9.89. The second-order valence-electron chi connectivity index (χ2n) is 5.14. The molecule has 0 radical (unpaired) electrons. The van der Waals surface area contributed by atoms with E-state index in [0.29, 0.717) is 6.61 Å². The Labute approximate surface area is 120 Å². The Morgan fingerprint density at radius 3 is 2.58 bits per heavy atom. The van der Waals surface area contributed by atoms with Gasteiger partial charge < -0.3 is 5.11 Å². The summed E-state index contributed by atoms with van der Waals surface area (Å²) in [5.41, 5.74) is 1.19. The Morgan fingerprint density at radius 2 is 1.89 bits per heavy atom. The number of thioether (sulfide) groups is 1. The van der Waals surface area contributed by atoms with Gasteiger partial charge in [-0.25, -0.2) is 0 Å². The molecule has 0 aromatic heterocycles. The first-order valence-corrected chi connectivity index (χ1v) is 8.20. The van der Waals surface area contributed by atoms with E-state index in [1.54, 1.807) is 0 Å². The van der Waals surface area contributed by atoms with Gasteiger partial charge in [0.15, 0.2) is 0 Å². The number of aliphatic imine (C=N–C) groups is 1. The van der Waals surface area contributed by atoms with Crippen LogP contribution in [-0.4, -0.2) is 35.5 Å². The largest absolute Gasteiger partial charge is 0.396 e. The summed E-state index contributed by atoms with van der Waals surface area (Å²) in [6, 6.07) is 10.3. The van der Waals surface area contributed by atoms with Crippen molar-refractivity contribution < 1.29 is 5.11 Å². The number of benzene rings is 1. The first-order chi connectivity index (χ1) is 9.38. The minimum Gasteiger partial charge on any atom is -0.396 e. The molecule has 1 aliphatic carbocycles. The maximum atomic E-state index is 8.83. The van der Waals surface area contributed by atoms with E-state index in [9.17, 15) is 0 Å². The Kier molecular flexibility index (Phi) is 6.45. The minimum atomic E-state index is 0.311. The summed E-state index contributed by atoms with van der Waals surface area (Å²) >= 11 is 1.93. The second-order valence-corrected chi connectivity index (χ2v) is 6.55. The van der Waals surface area contributed by atoms with E-state index in [1.165, 1.54) is 31.2 Å². The SMILES string of the molecule is OCCSC1CCC(CN=Cc2ccccc2)CC1. The Morgan fingerprint density at radius 1 is 1.16 bits per heavy atom. The minimum absolute atomic E-state index is 0.311. The molecule has 1 saturated carbocycles. The lowest BCUT2D eigenvalue weighted by molar-refractivity contribution is 0.321. The van der Waals surface area contributed by atoms with Crippen LogP contribution in [0.1, 0.15) is 31.2 Å². The van der Waals surface area contributed by atoms with Crippen LogP contribution in [0.15, 0.2) is 35.3 Å². The predicted octanol–water partition coefficient (Wildman–Crippen LogP) is 3.39. The van der Waals surface area contributed by atoms with E-state index in [4.69, 9.17) is 5.11 Å². The normalized spacial score (nSPS) is 23.8. The molecule has 0 spiro atoms. The van der Waals surface area contributed by atoms with Crippen molar-refractivity contribution in [3.05, 3.63) is 35.9 Å². The Bertz CT molecular complexity index is 372. The topological polar surface area (TPSA) is 32.6 Å². The zero-order valence-corrected chi connectivity index (χ0v) is 12.2. The van der Waals surface area contributed by atoms with Gasteiger partial charge >= 0.3 is 0 Å². The van der Waals surface area contributed by atoms with Gasteiger partial charge in [0.25, 0.3) is 0 Å². The first kappa shape index (κ1) is 14.6. The molecule has 1 fully saturated rings.